The van der Waals surface area contributed by atoms with Gasteiger partial charge < -0.3 is 19.8 Å². The highest BCUT2D eigenvalue weighted by atomic mass is 16.5. The molecule has 2 aromatic heterocycles. The first-order chi connectivity index (χ1) is 12.2. The predicted molar refractivity (Wildman–Crippen MR) is 90.8 cm³/mol. The highest BCUT2D eigenvalue weighted by Crippen LogP contribution is 2.16. The molecule has 0 aliphatic carbocycles. The number of carbonyl (C=O) groups excluding carboxylic acids is 1. The van der Waals surface area contributed by atoms with Gasteiger partial charge in [-0.25, -0.2) is 0 Å². The van der Waals surface area contributed by atoms with Crippen LogP contribution in [0, 0.1) is 0 Å². The maximum atomic E-state index is 12.3. The van der Waals surface area contributed by atoms with Gasteiger partial charge >= 0.3 is 0 Å². The van der Waals surface area contributed by atoms with Crippen LogP contribution in [-0.2, 0) is 0 Å². The predicted octanol–water partition coefficient (Wildman–Crippen LogP) is 1.10. The summed E-state index contributed by atoms with van der Waals surface area (Å²) in [7, 11) is 0. The van der Waals surface area contributed by atoms with Gasteiger partial charge in [-0.3, -0.25) is 9.78 Å². The van der Waals surface area contributed by atoms with E-state index in [4.69, 9.17) is 4.52 Å². The number of hydrogen-bond acceptors (Lipinski definition) is 7. The lowest BCUT2D eigenvalue weighted by atomic mass is 10.0. The number of nitrogens with zero attached hydrogens (tertiary/aromatic N) is 4. The Morgan fingerprint density at radius 2 is 2.28 bits per heavy atom. The molecule has 134 valence electrons. The van der Waals surface area contributed by atoms with Crippen molar-refractivity contribution >= 4 is 5.91 Å². The summed E-state index contributed by atoms with van der Waals surface area (Å²) in [4.78, 5) is 22.7. The SMILES string of the molecule is CC[C@@H](O)CN1CCC(NC(=O)c2noc(-c3cccnc3)n2)CC1. The molecule has 3 rings (SSSR count). The largest absolute Gasteiger partial charge is 0.392 e. The van der Waals surface area contributed by atoms with Crippen LogP contribution in [0.5, 0.6) is 0 Å². The lowest BCUT2D eigenvalue weighted by Crippen LogP contribution is -2.46. The first-order valence-electron chi connectivity index (χ1n) is 8.61. The van der Waals surface area contributed by atoms with Gasteiger partial charge in [0, 0.05) is 38.1 Å². The second kappa shape index (κ2) is 8.17. The Balaban J connectivity index is 1.51. The summed E-state index contributed by atoms with van der Waals surface area (Å²) in [6, 6.07) is 3.65. The minimum absolute atomic E-state index is 0.0303. The van der Waals surface area contributed by atoms with Gasteiger partial charge in [0.25, 0.3) is 17.6 Å². The van der Waals surface area contributed by atoms with Crippen molar-refractivity contribution in [1.29, 1.82) is 0 Å². The molecular formula is C17H23N5O3. The normalized spacial score (nSPS) is 17.4. The van der Waals surface area contributed by atoms with Crippen molar-refractivity contribution in [2.24, 2.45) is 0 Å². The molecule has 1 amide bonds. The summed E-state index contributed by atoms with van der Waals surface area (Å²) in [5.74, 6) is -0.0183. The van der Waals surface area contributed by atoms with E-state index in [1.165, 1.54) is 0 Å². The molecule has 0 spiro atoms. The monoisotopic (exact) mass is 345 g/mol. The number of nitrogens with one attached hydrogen (secondary N) is 1. The van der Waals surface area contributed by atoms with E-state index in [9.17, 15) is 9.90 Å². The van der Waals surface area contributed by atoms with Gasteiger partial charge in [0.05, 0.1) is 11.7 Å². The van der Waals surface area contributed by atoms with Crippen LogP contribution in [0.15, 0.2) is 29.0 Å². The van der Waals surface area contributed by atoms with E-state index >= 15 is 0 Å². The van der Waals surface area contributed by atoms with Gasteiger partial charge in [-0.05, 0) is 31.4 Å². The van der Waals surface area contributed by atoms with E-state index in [-0.39, 0.29) is 29.8 Å². The number of β-amino-alcohol motifs (C(OH)–C–C–N with tert-alkyl or cyclic N) is 1. The molecule has 1 saturated heterocycles. The van der Waals surface area contributed by atoms with Crippen LogP contribution in [0.1, 0.15) is 36.8 Å². The van der Waals surface area contributed by atoms with Crippen molar-refractivity contribution < 1.29 is 14.4 Å². The van der Waals surface area contributed by atoms with Gasteiger partial charge in [0.1, 0.15) is 0 Å². The zero-order valence-corrected chi connectivity index (χ0v) is 14.3. The maximum absolute atomic E-state index is 12.3. The average molecular weight is 345 g/mol. The first-order valence-corrected chi connectivity index (χ1v) is 8.61. The van der Waals surface area contributed by atoms with Crippen LogP contribution in [0.2, 0.25) is 0 Å². The minimum atomic E-state index is -0.328. The second-order valence-electron chi connectivity index (χ2n) is 6.28. The van der Waals surface area contributed by atoms with E-state index < -0.39 is 0 Å². The number of piperidine rings is 1. The fourth-order valence-corrected chi connectivity index (χ4v) is 2.86. The molecule has 2 aromatic rings. The third kappa shape index (κ3) is 4.61. The van der Waals surface area contributed by atoms with Crippen molar-refractivity contribution in [3.05, 3.63) is 30.4 Å². The van der Waals surface area contributed by atoms with Crippen molar-refractivity contribution in [3.8, 4) is 11.5 Å². The van der Waals surface area contributed by atoms with Crippen molar-refractivity contribution in [2.45, 2.75) is 38.3 Å². The van der Waals surface area contributed by atoms with E-state index in [1.54, 1.807) is 24.5 Å². The standard InChI is InChI=1S/C17H23N5O3/c1-2-14(23)11-22-8-5-13(6-9-22)19-16(24)15-20-17(25-21-15)12-4-3-7-18-10-12/h3-4,7,10,13-14,23H,2,5-6,8-9,11H2,1H3,(H,19,24)/t14-/m1/s1. The number of likely N-dealkylation sites (tertiary alicyclic amines) is 1. The Labute approximate surface area is 146 Å². The summed E-state index contributed by atoms with van der Waals surface area (Å²) in [5, 5.41) is 16.4. The molecule has 3 heterocycles. The average Bonchev–Trinajstić information content (AvgIpc) is 3.14. The molecule has 0 saturated carbocycles. The van der Waals surface area contributed by atoms with Crippen LogP contribution in [0.4, 0.5) is 0 Å². The van der Waals surface area contributed by atoms with E-state index in [0.29, 0.717) is 12.1 Å². The Hall–Kier alpha value is -2.32. The number of aliphatic hydroxyl groups excluding tert-OH is 1. The Kier molecular flexibility index (Phi) is 5.72. The molecule has 2 N–H and O–H groups in total. The molecule has 0 bridgehead atoms. The molecule has 0 aromatic carbocycles. The van der Waals surface area contributed by atoms with Gasteiger partial charge in [0.15, 0.2) is 0 Å². The van der Waals surface area contributed by atoms with Gasteiger partial charge in [-0.2, -0.15) is 4.98 Å². The number of carbonyl (C=O) groups is 1. The lowest BCUT2D eigenvalue weighted by molar-refractivity contribution is 0.0810. The number of pyridine rings is 1. The fourth-order valence-electron chi connectivity index (χ4n) is 2.86. The van der Waals surface area contributed by atoms with E-state index in [2.05, 4.69) is 25.3 Å². The summed E-state index contributed by atoms with van der Waals surface area (Å²) < 4.78 is 5.14. The van der Waals surface area contributed by atoms with Gasteiger partial charge in [-0.1, -0.05) is 12.1 Å². The third-order valence-electron chi connectivity index (χ3n) is 4.40. The smallest absolute Gasteiger partial charge is 0.292 e. The van der Waals surface area contributed by atoms with Crippen molar-refractivity contribution in [2.75, 3.05) is 19.6 Å². The van der Waals surface area contributed by atoms with Gasteiger partial charge in [0.2, 0.25) is 0 Å². The maximum Gasteiger partial charge on any atom is 0.292 e. The van der Waals surface area contributed by atoms with Crippen molar-refractivity contribution in [1.82, 2.24) is 25.3 Å². The fraction of sp³-hybridized carbons (Fsp3) is 0.529. The molecule has 8 nitrogen and oxygen atoms in total. The second-order valence-corrected chi connectivity index (χ2v) is 6.28. The molecule has 0 unspecified atom stereocenters. The van der Waals surface area contributed by atoms with Crippen LogP contribution in [0.25, 0.3) is 11.5 Å². The van der Waals surface area contributed by atoms with E-state index in [1.807, 2.05) is 6.92 Å². The molecule has 25 heavy (non-hydrogen) atoms. The van der Waals surface area contributed by atoms with Crippen LogP contribution >= 0.6 is 0 Å². The molecule has 8 heteroatoms. The molecule has 1 aliphatic heterocycles. The lowest BCUT2D eigenvalue weighted by Gasteiger charge is -2.33. The molecule has 1 aliphatic rings. The highest BCUT2D eigenvalue weighted by molar-refractivity contribution is 5.90. The third-order valence-corrected chi connectivity index (χ3v) is 4.40. The highest BCUT2D eigenvalue weighted by Gasteiger charge is 2.24. The number of aromatic nitrogens is 3. The molecule has 1 fully saturated rings. The Morgan fingerprint density at radius 1 is 1.48 bits per heavy atom. The van der Waals surface area contributed by atoms with Crippen LogP contribution in [-0.4, -0.2) is 62.8 Å². The summed E-state index contributed by atoms with van der Waals surface area (Å²) in [5.41, 5.74) is 0.678. The Morgan fingerprint density at radius 3 is 2.96 bits per heavy atom. The number of aliphatic hydroxyl groups is 1. The first kappa shape index (κ1) is 17.5. The Bertz CT molecular complexity index is 683. The minimum Gasteiger partial charge on any atom is -0.392 e. The van der Waals surface area contributed by atoms with Gasteiger partial charge in [-0.15, -0.1) is 0 Å². The molecule has 0 radical (unpaired) electrons. The number of hydrogen-bond donors (Lipinski definition) is 2. The number of rotatable bonds is 6. The quantitative estimate of drug-likeness (QED) is 0.807. The zero-order chi connectivity index (χ0) is 17.6. The molecule has 1 atom stereocenters. The van der Waals surface area contributed by atoms with Crippen LogP contribution < -0.4 is 5.32 Å². The zero-order valence-electron chi connectivity index (χ0n) is 14.3. The summed E-state index contributed by atoms with van der Waals surface area (Å²) >= 11 is 0. The van der Waals surface area contributed by atoms with Crippen LogP contribution in [0.3, 0.4) is 0 Å². The van der Waals surface area contributed by atoms with Crippen molar-refractivity contribution in [3.63, 3.8) is 0 Å². The summed E-state index contributed by atoms with van der Waals surface area (Å²) in [6.07, 6.45) is 5.42. The number of amides is 1. The molecular weight excluding hydrogens is 322 g/mol. The summed E-state index contributed by atoms with van der Waals surface area (Å²) in [6.45, 7) is 4.38. The topological polar surface area (TPSA) is 104 Å². The van der Waals surface area contributed by atoms with E-state index in [0.717, 1.165) is 32.4 Å².